The molecule has 1 aliphatic rings. The third-order valence-corrected chi connectivity index (χ3v) is 5.25. The Bertz CT molecular complexity index is 332. The fourth-order valence-electron chi connectivity index (χ4n) is 2.25. The third kappa shape index (κ3) is 4.84. The maximum absolute atomic E-state index is 12.1. The van der Waals surface area contributed by atoms with Crippen LogP contribution in [0.4, 0.5) is 0 Å². The fourth-order valence-corrected chi connectivity index (χ4v) is 3.77. The van der Waals surface area contributed by atoms with Gasteiger partial charge < -0.3 is 5.11 Å². The van der Waals surface area contributed by atoms with Gasteiger partial charge in [0.25, 0.3) is 10.2 Å². The highest BCUT2D eigenvalue weighted by atomic mass is 32.2. The van der Waals surface area contributed by atoms with Crippen molar-refractivity contribution >= 4 is 10.2 Å². The van der Waals surface area contributed by atoms with Crippen LogP contribution in [0.1, 0.15) is 46.0 Å². The minimum atomic E-state index is -3.32. The Morgan fingerprint density at radius 2 is 2.17 bits per heavy atom. The van der Waals surface area contributed by atoms with Crippen molar-refractivity contribution in [1.29, 1.82) is 0 Å². The van der Waals surface area contributed by atoms with Gasteiger partial charge in [-0.3, -0.25) is 0 Å². The van der Waals surface area contributed by atoms with Crippen molar-refractivity contribution in [2.24, 2.45) is 5.92 Å². The van der Waals surface area contributed by atoms with Crippen LogP contribution in [0.2, 0.25) is 0 Å². The van der Waals surface area contributed by atoms with Gasteiger partial charge in [0.2, 0.25) is 0 Å². The topological polar surface area (TPSA) is 69.6 Å². The van der Waals surface area contributed by atoms with E-state index in [0.29, 0.717) is 13.1 Å². The smallest absolute Gasteiger partial charge is 0.279 e. The molecule has 5 nitrogen and oxygen atoms in total. The Labute approximate surface area is 111 Å². The highest BCUT2D eigenvalue weighted by Gasteiger charge is 2.28. The van der Waals surface area contributed by atoms with Crippen molar-refractivity contribution in [2.75, 3.05) is 19.7 Å². The molecule has 1 saturated heterocycles. The van der Waals surface area contributed by atoms with Gasteiger partial charge in [-0.1, -0.05) is 13.3 Å². The van der Waals surface area contributed by atoms with Gasteiger partial charge in [0.15, 0.2) is 0 Å². The molecule has 1 heterocycles. The molecule has 0 aromatic rings. The lowest BCUT2D eigenvalue weighted by Crippen LogP contribution is -2.48. The first-order valence-electron chi connectivity index (χ1n) is 6.84. The van der Waals surface area contributed by atoms with Crippen molar-refractivity contribution in [3.63, 3.8) is 0 Å². The van der Waals surface area contributed by atoms with Crippen LogP contribution < -0.4 is 4.72 Å². The van der Waals surface area contributed by atoms with Crippen molar-refractivity contribution in [3.05, 3.63) is 0 Å². The first-order chi connectivity index (χ1) is 8.47. The Balaban J connectivity index is 2.35. The lowest BCUT2D eigenvalue weighted by atomic mass is 10.1. The fraction of sp³-hybridized carbons (Fsp3) is 1.00. The number of hydrogen-bond acceptors (Lipinski definition) is 3. The Morgan fingerprint density at radius 3 is 2.78 bits per heavy atom. The van der Waals surface area contributed by atoms with E-state index in [-0.39, 0.29) is 18.6 Å². The van der Waals surface area contributed by atoms with Crippen LogP contribution in [-0.2, 0) is 10.2 Å². The highest BCUT2D eigenvalue weighted by Crippen LogP contribution is 2.19. The van der Waals surface area contributed by atoms with E-state index < -0.39 is 10.2 Å². The second-order valence-electron chi connectivity index (χ2n) is 5.28. The second kappa shape index (κ2) is 7.43. The van der Waals surface area contributed by atoms with Gasteiger partial charge in [0.05, 0.1) is 0 Å². The average Bonchev–Trinajstić information content (AvgIpc) is 2.34. The van der Waals surface area contributed by atoms with Gasteiger partial charge in [0.1, 0.15) is 0 Å². The maximum atomic E-state index is 12.1. The van der Waals surface area contributed by atoms with Crippen LogP contribution in [0.15, 0.2) is 0 Å². The maximum Gasteiger partial charge on any atom is 0.279 e. The van der Waals surface area contributed by atoms with Crippen molar-refractivity contribution in [2.45, 2.75) is 52.0 Å². The number of nitrogens with zero attached hydrogens (tertiary/aromatic N) is 1. The van der Waals surface area contributed by atoms with Crippen molar-refractivity contribution in [1.82, 2.24) is 9.03 Å². The van der Waals surface area contributed by atoms with E-state index in [9.17, 15) is 8.42 Å². The van der Waals surface area contributed by atoms with Crippen LogP contribution in [-0.4, -0.2) is 43.6 Å². The van der Waals surface area contributed by atoms with Crippen LogP contribution in [0.3, 0.4) is 0 Å². The molecule has 1 aliphatic heterocycles. The number of rotatable bonds is 7. The molecule has 0 radical (unpaired) electrons. The van der Waals surface area contributed by atoms with Crippen LogP contribution in [0, 0.1) is 5.92 Å². The molecule has 6 heteroatoms. The molecule has 0 amide bonds. The van der Waals surface area contributed by atoms with E-state index in [2.05, 4.69) is 4.72 Å². The molecular weight excluding hydrogens is 252 g/mol. The first kappa shape index (κ1) is 15.9. The van der Waals surface area contributed by atoms with Gasteiger partial charge in [-0.25, -0.2) is 4.72 Å². The zero-order chi connectivity index (χ0) is 13.6. The predicted molar refractivity (Wildman–Crippen MR) is 72.4 cm³/mol. The monoisotopic (exact) mass is 278 g/mol. The Hall–Kier alpha value is -0.170. The summed E-state index contributed by atoms with van der Waals surface area (Å²) < 4.78 is 28.4. The van der Waals surface area contributed by atoms with Crippen molar-refractivity contribution < 1.29 is 13.5 Å². The molecule has 2 unspecified atom stereocenters. The quantitative estimate of drug-likeness (QED) is 0.685. The SMILES string of the molecule is CC(CO)CCCNS(=O)(=O)N1CCCCC1C. The van der Waals surface area contributed by atoms with Crippen LogP contribution >= 0.6 is 0 Å². The summed E-state index contributed by atoms with van der Waals surface area (Å²) in [4.78, 5) is 0. The number of piperidine rings is 1. The van der Waals surface area contributed by atoms with Gasteiger partial charge in [0, 0.05) is 25.7 Å². The van der Waals surface area contributed by atoms with Gasteiger partial charge >= 0.3 is 0 Å². The number of aliphatic hydroxyl groups is 1. The van der Waals surface area contributed by atoms with E-state index in [4.69, 9.17) is 5.11 Å². The average molecular weight is 278 g/mol. The first-order valence-corrected chi connectivity index (χ1v) is 8.28. The molecule has 1 fully saturated rings. The van der Waals surface area contributed by atoms with E-state index in [1.54, 1.807) is 4.31 Å². The van der Waals surface area contributed by atoms with Gasteiger partial charge in [-0.05, 0) is 38.5 Å². The van der Waals surface area contributed by atoms with E-state index in [0.717, 1.165) is 32.1 Å². The molecule has 0 spiro atoms. The Morgan fingerprint density at radius 1 is 1.44 bits per heavy atom. The molecule has 18 heavy (non-hydrogen) atoms. The molecule has 1 rings (SSSR count). The lowest BCUT2D eigenvalue weighted by Gasteiger charge is -2.32. The summed E-state index contributed by atoms with van der Waals surface area (Å²) in [7, 11) is -3.32. The van der Waals surface area contributed by atoms with Crippen LogP contribution in [0.5, 0.6) is 0 Å². The molecule has 0 aromatic heterocycles. The molecule has 2 atom stereocenters. The molecule has 0 saturated carbocycles. The molecule has 108 valence electrons. The standard InChI is InChI=1S/C12H26N2O3S/c1-11(10-15)6-5-8-13-18(16,17)14-9-4-3-7-12(14)2/h11-13,15H,3-10H2,1-2H3. The summed E-state index contributed by atoms with van der Waals surface area (Å²) in [5.41, 5.74) is 0. The number of nitrogens with one attached hydrogen (secondary N) is 1. The summed E-state index contributed by atoms with van der Waals surface area (Å²) in [5.74, 6) is 0.239. The third-order valence-electron chi connectivity index (χ3n) is 3.52. The second-order valence-corrected chi connectivity index (χ2v) is 6.99. The molecule has 0 aliphatic carbocycles. The normalized spacial score (nSPS) is 24.1. The molecular formula is C12H26N2O3S. The number of hydrogen-bond donors (Lipinski definition) is 2. The van der Waals surface area contributed by atoms with E-state index >= 15 is 0 Å². The summed E-state index contributed by atoms with van der Waals surface area (Å²) in [6.07, 6.45) is 4.62. The van der Waals surface area contributed by atoms with Crippen LogP contribution in [0.25, 0.3) is 0 Å². The summed E-state index contributed by atoms with van der Waals surface area (Å²) >= 11 is 0. The van der Waals surface area contributed by atoms with E-state index in [1.165, 1.54) is 0 Å². The summed E-state index contributed by atoms with van der Waals surface area (Å²) in [5, 5.41) is 8.89. The van der Waals surface area contributed by atoms with Crippen molar-refractivity contribution in [3.8, 4) is 0 Å². The molecule has 2 N–H and O–H groups in total. The Kier molecular flexibility index (Phi) is 6.55. The molecule has 0 aromatic carbocycles. The summed E-state index contributed by atoms with van der Waals surface area (Å²) in [6.45, 7) is 5.17. The number of aliphatic hydroxyl groups excluding tert-OH is 1. The summed E-state index contributed by atoms with van der Waals surface area (Å²) in [6, 6.07) is 0.104. The minimum absolute atomic E-state index is 0.104. The largest absolute Gasteiger partial charge is 0.396 e. The zero-order valence-electron chi connectivity index (χ0n) is 11.4. The van der Waals surface area contributed by atoms with Gasteiger partial charge in [-0.2, -0.15) is 12.7 Å². The highest BCUT2D eigenvalue weighted by molar-refractivity contribution is 7.87. The molecule has 0 bridgehead atoms. The predicted octanol–water partition coefficient (Wildman–Crippen LogP) is 1.10. The van der Waals surface area contributed by atoms with E-state index in [1.807, 2.05) is 13.8 Å². The lowest BCUT2D eigenvalue weighted by molar-refractivity contribution is 0.228. The zero-order valence-corrected chi connectivity index (χ0v) is 12.2. The minimum Gasteiger partial charge on any atom is -0.396 e. The van der Waals surface area contributed by atoms with Gasteiger partial charge in [-0.15, -0.1) is 0 Å².